The predicted molar refractivity (Wildman–Crippen MR) is 49.6 cm³/mol. The lowest BCUT2D eigenvalue weighted by Crippen LogP contribution is -2.04. The Hall–Kier alpha value is -2.36. The minimum atomic E-state index is -0.626. The molecule has 1 heterocycles. The van der Waals surface area contributed by atoms with Gasteiger partial charge in [-0.25, -0.2) is 4.98 Å². The Bertz CT molecular complexity index is 423. The molecule has 0 saturated heterocycles. The van der Waals surface area contributed by atoms with E-state index in [0.717, 1.165) is 6.20 Å². The Morgan fingerprint density at radius 1 is 1.79 bits per heavy atom. The minimum Gasteiger partial charge on any atom is -0.383 e. The van der Waals surface area contributed by atoms with Crippen LogP contribution in [0.15, 0.2) is 6.20 Å². The van der Waals surface area contributed by atoms with E-state index in [4.69, 9.17) is 11.0 Å². The summed E-state index contributed by atoms with van der Waals surface area (Å²) in [5, 5.41) is 21.8. The number of anilines is 2. The number of nitrogens with zero attached hydrogens (tertiary/aromatic N) is 3. The second kappa shape index (κ2) is 3.57. The van der Waals surface area contributed by atoms with Gasteiger partial charge in [-0.1, -0.05) is 0 Å². The third-order valence-corrected chi connectivity index (χ3v) is 1.65. The summed E-state index contributed by atoms with van der Waals surface area (Å²) >= 11 is 0. The Morgan fingerprint density at radius 3 is 2.86 bits per heavy atom. The number of nitrogens with one attached hydrogen (secondary N) is 1. The van der Waals surface area contributed by atoms with Gasteiger partial charge < -0.3 is 11.1 Å². The summed E-state index contributed by atoms with van der Waals surface area (Å²) in [7, 11) is 1.47. The number of hydrogen-bond donors (Lipinski definition) is 2. The maximum absolute atomic E-state index is 10.5. The molecule has 0 aromatic carbocycles. The summed E-state index contributed by atoms with van der Waals surface area (Å²) in [5.74, 6) is -0.0255. The number of nitro groups is 1. The van der Waals surface area contributed by atoms with E-state index in [-0.39, 0.29) is 22.8 Å². The maximum atomic E-state index is 10.5. The number of aromatic nitrogens is 1. The molecule has 1 rings (SSSR count). The largest absolute Gasteiger partial charge is 0.383 e. The van der Waals surface area contributed by atoms with Gasteiger partial charge in [-0.15, -0.1) is 0 Å². The van der Waals surface area contributed by atoms with Crippen LogP contribution in [-0.4, -0.2) is 17.0 Å². The van der Waals surface area contributed by atoms with Crippen molar-refractivity contribution in [2.24, 2.45) is 0 Å². The molecule has 14 heavy (non-hydrogen) atoms. The monoisotopic (exact) mass is 193 g/mol. The number of hydrogen-bond acceptors (Lipinski definition) is 6. The van der Waals surface area contributed by atoms with E-state index in [2.05, 4.69) is 10.3 Å². The molecule has 0 aliphatic carbocycles. The lowest BCUT2D eigenvalue weighted by Gasteiger charge is -2.04. The van der Waals surface area contributed by atoms with Crippen molar-refractivity contribution >= 4 is 17.2 Å². The van der Waals surface area contributed by atoms with Crippen LogP contribution in [0.2, 0.25) is 0 Å². The summed E-state index contributed by atoms with van der Waals surface area (Å²) in [6.07, 6.45) is 1.02. The summed E-state index contributed by atoms with van der Waals surface area (Å²) in [6.45, 7) is 0. The fourth-order valence-electron chi connectivity index (χ4n) is 1.02. The van der Waals surface area contributed by atoms with Gasteiger partial charge in [0.25, 0.3) is 0 Å². The molecule has 0 radical (unpaired) electrons. The number of pyridine rings is 1. The first-order valence-electron chi connectivity index (χ1n) is 3.62. The van der Waals surface area contributed by atoms with Crippen LogP contribution in [0, 0.1) is 21.4 Å². The zero-order valence-corrected chi connectivity index (χ0v) is 7.31. The normalized spacial score (nSPS) is 9.14. The van der Waals surface area contributed by atoms with Crippen LogP contribution in [0.1, 0.15) is 5.56 Å². The smallest absolute Gasteiger partial charge is 0.311 e. The van der Waals surface area contributed by atoms with Crippen molar-refractivity contribution in [1.82, 2.24) is 4.98 Å². The molecule has 0 bridgehead atoms. The molecule has 0 aliphatic heterocycles. The number of rotatable bonds is 2. The molecule has 0 fully saturated rings. The molecule has 0 unspecified atom stereocenters. The van der Waals surface area contributed by atoms with Crippen LogP contribution in [0.4, 0.5) is 17.2 Å². The van der Waals surface area contributed by atoms with Crippen molar-refractivity contribution in [3.05, 3.63) is 21.9 Å². The lowest BCUT2D eigenvalue weighted by molar-refractivity contribution is -0.384. The van der Waals surface area contributed by atoms with Crippen LogP contribution in [0.3, 0.4) is 0 Å². The van der Waals surface area contributed by atoms with Crippen molar-refractivity contribution in [2.75, 3.05) is 18.1 Å². The minimum absolute atomic E-state index is 0.0123. The average molecular weight is 193 g/mol. The molecule has 7 nitrogen and oxygen atoms in total. The van der Waals surface area contributed by atoms with E-state index >= 15 is 0 Å². The van der Waals surface area contributed by atoms with Crippen molar-refractivity contribution < 1.29 is 4.92 Å². The van der Waals surface area contributed by atoms with E-state index in [9.17, 15) is 10.1 Å². The molecule has 7 heteroatoms. The van der Waals surface area contributed by atoms with Gasteiger partial charge in [-0.05, 0) is 0 Å². The van der Waals surface area contributed by atoms with E-state index in [1.165, 1.54) is 7.05 Å². The third-order valence-electron chi connectivity index (χ3n) is 1.65. The van der Waals surface area contributed by atoms with Gasteiger partial charge in [0.2, 0.25) is 0 Å². The van der Waals surface area contributed by atoms with Gasteiger partial charge >= 0.3 is 5.69 Å². The highest BCUT2D eigenvalue weighted by Crippen LogP contribution is 2.29. The quantitative estimate of drug-likeness (QED) is 0.521. The van der Waals surface area contributed by atoms with E-state index in [1.807, 2.05) is 0 Å². The zero-order chi connectivity index (χ0) is 10.7. The third kappa shape index (κ3) is 1.40. The molecule has 1 aromatic rings. The summed E-state index contributed by atoms with van der Waals surface area (Å²) in [4.78, 5) is 13.5. The second-order valence-electron chi connectivity index (χ2n) is 2.40. The van der Waals surface area contributed by atoms with Crippen LogP contribution in [0.25, 0.3) is 0 Å². The average Bonchev–Trinajstić information content (AvgIpc) is 2.16. The van der Waals surface area contributed by atoms with Gasteiger partial charge in [-0.2, -0.15) is 5.26 Å². The molecule has 0 atom stereocenters. The molecule has 1 aromatic heterocycles. The van der Waals surface area contributed by atoms with Gasteiger partial charge in [-0.3, -0.25) is 10.1 Å². The van der Waals surface area contributed by atoms with Gasteiger partial charge in [0, 0.05) is 7.05 Å². The van der Waals surface area contributed by atoms with Gasteiger partial charge in [0.15, 0.2) is 0 Å². The number of nitrogens with two attached hydrogens (primary N) is 1. The molecule has 0 amide bonds. The molecule has 72 valence electrons. The van der Waals surface area contributed by atoms with Gasteiger partial charge in [0.1, 0.15) is 29.3 Å². The standard InChI is InChI=1S/C7H7N5O2/c1-10-6-4(2-8)7(9)11-3-5(6)12(13)14/h3H,1H3,(H3,9,10,11). The Morgan fingerprint density at radius 2 is 2.43 bits per heavy atom. The fourth-order valence-corrected chi connectivity index (χ4v) is 1.02. The SMILES string of the molecule is CNc1c([N+](=O)[O-])cnc(N)c1C#N. The van der Waals surface area contributed by atoms with Crippen molar-refractivity contribution in [3.63, 3.8) is 0 Å². The number of nitriles is 1. The first-order chi connectivity index (χ1) is 6.61. The van der Waals surface area contributed by atoms with Crippen LogP contribution < -0.4 is 11.1 Å². The Balaban J connectivity index is 3.50. The Labute approximate surface area is 79.3 Å². The molecule has 0 saturated carbocycles. The molecule has 3 N–H and O–H groups in total. The fraction of sp³-hybridized carbons (Fsp3) is 0.143. The maximum Gasteiger partial charge on any atom is 0.311 e. The van der Waals surface area contributed by atoms with E-state index in [1.54, 1.807) is 6.07 Å². The summed E-state index contributed by atoms with van der Waals surface area (Å²) in [5.41, 5.74) is 5.19. The predicted octanol–water partition coefficient (Wildman–Crippen LogP) is 0.485. The topological polar surface area (TPSA) is 118 Å². The van der Waals surface area contributed by atoms with Gasteiger partial charge in [0.05, 0.1) is 4.92 Å². The first-order valence-corrected chi connectivity index (χ1v) is 3.62. The molecule has 0 aliphatic rings. The summed E-state index contributed by atoms with van der Waals surface area (Å²) < 4.78 is 0. The highest BCUT2D eigenvalue weighted by Gasteiger charge is 2.19. The van der Waals surface area contributed by atoms with Crippen molar-refractivity contribution in [3.8, 4) is 6.07 Å². The van der Waals surface area contributed by atoms with E-state index < -0.39 is 4.92 Å². The zero-order valence-electron chi connectivity index (χ0n) is 7.31. The highest BCUT2D eigenvalue weighted by atomic mass is 16.6. The molecular weight excluding hydrogens is 186 g/mol. The van der Waals surface area contributed by atoms with E-state index in [0.29, 0.717) is 0 Å². The van der Waals surface area contributed by atoms with Crippen molar-refractivity contribution in [1.29, 1.82) is 5.26 Å². The number of nitrogen functional groups attached to an aromatic ring is 1. The lowest BCUT2D eigenvalue weighted by atomic mass is 10.2. The first kappa shape index (κ1) is 9.73. The van der Waals surface area contributed by atoms with Crippen molar-refractivity contribution in [2.45, 2.75) is 0 Å². The van der Waals surface area contributed by atoms with Crippen LogP contribution >= 0.6 is 0 Å². The highest BCUT2D eigenvalue weighted by molar-refractivity contribution is 5.74. The van der Waals surface area contributed by atoms with Crippen LogP contribution in [0.5, 0.6) is 0 Å². The molecular formula is C7H7N5O2. The summed E-state index contributed by atoms with van der Waals surface area (Å²) in [6, 6.07) is 1.76. The Kier molecular flexibility index (Phi) is 2.48. The molecule has 0 spiro atoms. The van der Waals surface area contributed by atoms with Crippen LogP contribution in [-0.2, 0) is 0 Å². The second-order valence-corrected chi connectivity index (χ2v) is 2.40.